The summed E-state index contributed by atoms with van der Waals surface area (Å²) in [7, 11) is 1.80. The summed E-state index contributed by atoms with van der Waals surface area (Å²) < 4.78 is 3.53. The smallest absolute Gasteiger partial charge is 0.255 e. The zero-order chi connectivity index (χ0) is 25.4. The summed E-state index contributed by atoms with van der Waals surface area (Å²) in [6.45, 7) is 9.05. The van der Waals surface area contributed by atoms with Gasteiger partial charge in [0.05, 0.1) is 11.4 Å². The first-order valence-electron chi connectivity index (χ1n) is 12.6. The van der Waals surface area contributed by atoms with E-state index >= 15 is 0 Å². The van der Waals surface area contributed by atoms with Crippen molar-refractivity contribution in [2.75, 3.05) is 31.1 Å². The highest BCUT2D eigenvalue weighted by Crippen LogP contribution is 2.26. The number of aryl methyl sites for hydroxylation is 4. The van der Waals surface area contributed by atoms with Crippen LogP contribution in [-0.2, 0) is 18.3 Å². The summed E-state index contributed by atoms with van der Waals surface area (Å²) in [6.07, 6.45) is 0.763. The van der Waals surface area contributed by atoms with E-state index < -0.39 is 0 Å². The Kier molecular flexibility index (Phi) is 6.39. The fourth-order valence-electron chi connectivity index (χ4n) is 5.28. The van der Waals surface area contributed by atoms with Gasteiger partial charge in [0, 0.05) is 56.3 Å². The molecule has 2 aromatic carbocycles. The number of aromatic nitrogens is 3. The highest BCUT2D eigenvalue weighted by molar-refractivity contribution is 5.85. The van der Waals surface area contributed by atoms with Crippen LogP contribution in [0, 0.1) is 20.8 Å². The maximum absolute atomic E-state index is 13.4. The summed E-state index contributed by atoms with van der Waals surface area (Å²) >= 11 is 0. The second-order valence-corrected chi connectivity index (χ2v) is 9.70. The Morgan fingerprint density at radius 1 is 0.889 bits per heavy atom. The van der Waals surface area contributed by atoms with E-state index in [2.05, 4.69) is 17.0 Å². The van der Waals surface area contributed by atoms with Crippen LogP contribution in [0.4, 0.5) is 5.69 Å². The number of amides is 1. The summed E-state index contributed by atoms with van der Waals surface area (Å²) in [6, 6.07) is 18.4. The number of nitrogens with zero attached hydrogens (tertiary/aromatic N) is 5. The van der Waals surface area contributed by atoms with Crippen LogP contribution in [0.2, 0.25) is 0 Å². The molecular weight excluding hydrogens is 450 g/mol. The van der Waals surface area contributed by atoms with E-state index in [-0.39, 0.29) is 11.5 Å². The Morgan fingerprint density at radius 3 is 2.22 bits per heavy atom. The van der Waals surface area contributed by atoms with Crippen LogP contribution in [-0.4, -0.2) is 51.3 Å². The quantitative estimate of drug-likeness (QED) is 0.432. The monoisotopic (exact) mass is 483 g/mol. The number of anilines is 1. The lowest BCUT2D eigenvalue weighted by atomic mass is 10.0. The van der Waals surface area contributed by atoms with E-state index in [0.29, 0.717) is 31.5 Å². The lowest BCUT2D eigenvalue weighted by molar-refractivity contribution is -0.131. The molecule has 7 heteroatoms. The van der Waals surface area contributed by atoms with Crippen molar-refractivity contribution >= 4 is 22.6 Å². The van der Waals surface area contributed by atoms with Crippen molar-refractivity contribution in [1.29, 1.82) is 0 Å². The molecule has 0 N–H and O–H groups in total. The number of rotatable bonds is 5. The molecule has 1 aliphatic heterocycles. The molecule has 5 rings (SSSR count). The van der Waals surface area contributed by atoms with Crippen molar-refractivity contribution in [2.45, 2.75) is 33.6 Å². The van der Waals surface area contributed by atoms with Gasteiger partial charge in [0.1, 0.15) is 5.65 Å². The van der Waals surface area contributed by atoms with Crippen molar-refractivity contribution in [3.05, 3.63) is 87.3 Å². The highest BCUT2D eigenvalue weighted by Gasteiger charge is 2.23. The molecule has 0 atom stereocenters. The molecular formula is C29H33N5O2. The Bertz CT molecular complexity index is 1460. The van der Waals surface area contributed by atoms with E-state index in [1.807, 2.05) is 72.8 Å². The van der Waals surface area contributed by atoms with E-state index in [4.69, 9.17) is 5.10 Å². The largest absolute Gasteiger partial charge is 0.368 e. The normalized spacial score (nSPS) is 14.0. The lowest BCUT2D eigenvalue weighted by Gasteiger charge is -2.36. The molecule has 0 spiro atoms. The first-order valence-corrected chi connectivity index (χ1v) is 12.6. The molecule has 0 aliphatic carbocycles. The molecule has 0 bridgehead atoms. The van der Waals surface area contributed by atoms with Gasteiger partial charge in [0.25, 0.3) is 5.56 Å². The van der Waals surface area contributed by atoms with Crippen LogP contribution in [0.1, 0.15) is 28.8 Å². The molecule has 7 nitrogen and oxygen atoms in total. The van der Waals surface area contributed by atoms with Gasteiger partial charge in [0.15, 0.2) is 0 Å². The highest BCUT2D eigenvalue weighted by atomic mass is 16.2. The summed E-state index contributed by atoms with van der Waals surface area (Å²) in [4.78, 5) is 30.7. The van der Waals surface area contributed by atoms with E-state index in [9.17, 15) is 9.59 Å². The molecule has 186 valence electrons. The average Bonchev–Trinajstić information content (AvgIpc) is 3.25. The van der Waals surface area contributed by atoms with Crippen LogP contribution in [0.25, 0.3) is 16.7 Å². The second kappa shape index (κ2) is 9.64. The predicted molar refractivity (Wildman–Crippen MR) is 144 cm³/mol. The van der Waals surface area contributed by atoms with Crippen molar-refractivity contribution in [1.82, 2.24) is 19.2 Å². The van der Waals surface area contributed by atoms with Gasteiger partial charge in [-0.1, -0.05) is 35.9 Å². The average molecular weight is 484 g/mol. The number of hydrogen-bond donors (Lipinski definition) is 0. The predicted octanol–water partition coefficient (Wildman–Crippen LogP) is 3.93. The third-order valence-electron chi connectivity index (χ3n) is 7.37. The standard InChI is InChI=1S/C29H33N5O2/c1-20-10-12-24(13-11-20)34-28-27(22(3)30-34)21(2)25(29(36)31(28)4)14-15-26(35)33-18-16-32(17-19-33)23-8-6-5-7-9-23/h5-13H,14-19H2,1-4H3. The number of fused-ring (bicyclic) bond motifs is 1. The Balaban J connectivity index is 1.35. The molecule has 0 radical (unpaired) electrons. The lowest BCUT2D eigenvalue weighted by Crippen LogP contribution is -2.48. The first-order chi connectivity index (χ1) is 17.3. The number of pyridine rings is 1. The number of carbonyl (C=O) groups excluding carboxylic acids is 1. The molecule has 1 aliphatic rings. The molecule has 1 saturated heterocycles. The SMILES string of the molecule is Cc1ccc(-n2nc(C)c3c(C)c(CCC(=O)N4CCN(c5ccccc5)CC4)c(=O)n(C)c32)cc1. The van der Waals surface area contributed by atoms with Gasteiger partial charge in [-0.3, -0.25) is 14.2 Å². The Hall–Kier alpha value is -3.87. The minimum atomic E-state index is -0.0602. The maximum atomic E-state index is 13.4. The van der Waals surface area contributed by atoms with E-state index in [1.54, 1.807) is 11.6 Å². The number of para-hydroxylation sites is 1. The van der Waals surface area contributed by atoms with Gasteiger partial charge in [0.2, 0.25) is 5.91 Å². The summed E-state index contributed by atoms with van der Waals surface area (Å²) in [5.41, 5.74) is 6.51. The third kappa shape index (κ3) is 4.30. The summed E-state index contributed by atoms with van der Waals surface area (Å²) in [5.74, 6) is 0.108. The van der Waals surface area contributed by atoms with E-state index in [1.165, 1.54) is 11.3 Å². The number of carbonyl (C=O) groups is 1. The van der Waals surface area contributed by atoms with Gasteiger partial charge in [-0.2, -0.15) is 5.10 Å². The van der Waals surface area contributed by atoms with Crippen LogP contribution < -0.4 is 10.5 Å². The molecule has 4 aromatic rings. The van der Waals surface area contributed by atoms with Crippen molar-refractivity contribution in [3.8, 4) is 5.69 Å². The molecule has 3 heterocycles. The van der Waals surface area contributed by atoms with Crippen molar-refractivity contribution in [3.63, 3.8) is 0 Å². The third-order valence-corrected chi connectivity index (χ3v) is 7.37. The minimum Gasteiger partial charge on any atom is -0.368 e. The topological polar surface area (TPSA) is 63.4 Å². The number of hydrogen-bond acceptors (Lipinski definition) is 4. The second-order valence-electron chi connectivity index (χ2n) is 9.70. The maximum Gasteiger partial charge on any atom is 0.255 e. The van der Waals surface area contributed by atoms with Gasteiger partial charge in [-0.05, 0) is 57.0 Å². The molecule has 1 fully saturated rings. The van der Waals surface area contributed by atoms with Crippen molar-refractivity contribution < 1.29 is 4.79 Å². The molecule has 2 aromatic heterocycles. The first kappa shape index (κ1) is 23.9. The van der Waals surface area contributed by atoms with Crippen LogP contribution in [0.15, 0.2) is 59.4 Å². The fraction of sp³-hybridized carbons (Fsp3) is 0.345. The van der Waals surface area contributed by atoms with Crippen molar-refractivity contribution in [2.24, 2.45) is 7.05 Å². The molecule has 36 heavy (non-hydrogen) atoms. The van der Waals surface area contributed by atoms with Crippen LogP contribution >= 0.6 is 0 Å². The molecule has 1 amide bonds. The summed E-state index contributed by atoms with van der Waals surface area (Å²) in [5, 5.41) is 5.75. The molecule has 0 saturated carbocycles. The van der Waals surface area contributed by atoms with Gasteiger partial charge >= 0.3 is 0 Å². The minimum absolute atomic E-state index is 0.0602. The van der Waals surface area contributed by atoms with Gasteiger partial charge < -0.3 is 9.80 Å². The zero-order valence-corrected chi connectivity index (χ0v) is 21.5. The Labute approximate surface area is 211 Å². The zero-order valence-electron chi connectivity index (χ0n) is 21.5. The number of benzene rings is 2. The van der Waals surface area contributed by atoms with Gasteiger partial charge in [-0.15, -0.1) is 0 Å². The Morgan fingerprint density at radius 2 is 1.56 bits per heavy atom. The number of piperazine rings is 1. The molecule has 0 unspecified atom stereocenters. The van der Waals surface area contributed by atoms with E-state index in [0.717, 1.165) is 41.1 Å². The van der Waals surface area contributed by atoms with Gasteiger partial charge in [-0.25, -0.2) is 4.68 Å². The van der Waals surface area contributed by atoms with Crippen LogP contribution in [0.3, 0.4) is 0 Å². The van der Waals surface area contributed by atoms with Crippen LogP contribution in [0.5, 0.6) is 0 Å². The fourth-order valence-corrected chi connectivity index (χ4v) is 5.28.